The second-order valence-electron chi connectivity index (χ2n) is 6.76. The van der Waals surface area contributed by atoms with Crippen molar-refractivity contribution >= 4 is 27.3 Å². The maximum Gasteiger partial charge on any atom is 0.213 e. The van der Waals surface area contributed by atoms with Gasteiger partial charge in [-0.2, -0.15) is 11.3 Å². The summed E-state index contributed by atoms with van der Waals surface area (Å²) in [5.74, 6) is 0.975. The van der Waals surface area contributed by atoms with Gasteiger partial charge in [0.15, 0.2) is 5.96 Å². The number of nitrogens with zero attached hydrogens (tertiary/aromatic N) is 1. The fourth-order valence-corrected chi connectivity index (χ4v) is 4.53. The van der Waals surface area contributed by atoms with Crippen LogP contribution in [0.3, 0.4) is 0 Å². The Morgan fingerprint density at radius 1 is 1.41 bits per heavy atom. The van der Waals surface area contributed by atoms with Crippen LogP contribution in [0, 0.1) is 0 Å². The zero-order chi connectivity index (χ0) is 19.5. The van der Waals surface area contributed by atoms with E-state index in [4.69, 9.17) is 4.74 Å². The van der Waals surface area contributed by atoms with Crippen molar-refractivity contribution in [1.82, 2.24) is 15.4 Å². The van der Waals surface area contributed by atoms with Gasteiger partial charge >= 0.3 is 0 Å². The van der Waals surface area contributed by atoms with Crippen LogP contribution in [0.15, 0.2) is 21.8 Å². The van der Waals surface area contributed by atoms with Crippen LogP contribution in [0.25, 0.3) is 0 Å². The molecule has 0 radical (unpaired) electrons. The Morgan fingerprint density at radius 3 is 2.93 bits per heavy atom. The highest BCUT2D eigenvalue weighted by Crippen LogP contribution is 2.18. The highest BCUT2D eigenvalue weighted by atomic mass is 32.2. The fraction of sp³-hybridized carbons (Fsp3) is 0.722. The number of hydrogen-bond donors (Lipinski definition) is 3. The average Bonchev–Trinajstić information content (AvgIpc) is 3.20. The van der Waals surface area contributed by atoms with E-state index in [9.17, 15) is 8.42 Å². The van der Waals surface area contributed by atoms with Crippen LogP contribution in [0.1, 0.15) is 44.6 Å². The average molecular weight is 417 g/mol. The Balaban J connectivity index is 1.74. The first kappa shape index (κ1) is 22.1. The molecule has 2 rings (SSSR count). The summed E-state index contributed by atoms with van der Waals surface area (Å²) in [6, 6.07) is 2.11. The van der Waals surface area contributed by atoms with Crippen molar-refractivity contribution in [1.29, 1.82) is 0 Å². The number of nitrogens with one attached hydrogen (secondary N) is 3. The topological polar surface area (TPSA) is 91.8 Å². The lowest BCUT2D eigenvalue weighted by molar-refractivity contribution is 0.0200. The van der Waals surface area contributed by atoms with E-state index in [1.54, 1.807) is 11.3 Å². The molecule has 1 aromatic rings. The molecular weight excluding hydrogens is 384 g/mol. The quantitative estimate of drug-likeness (QED) is 0.400. The molecule has 0 saturated carbocycles. The second kappa shape index (κ2) is 11.6. The number of thiophene rings is 1. The second-order valence-corrected chi connectivity index (χ2v) is 9.47. The van der Waals surface area contributed by atoms with Crippen molar-refractivity contribution < 1.29 is 13.2 Å². The van der Waals surface area contributed by atoms with Gasteiger partial charge in [0.05, 0.1) is 11.9 Å². The summed E-state index contributed by atoms with van der Waals surface area (Å²) in [5.41, 5.74) is 1.27. The van der Waals surface area contributed by atoms with Gasteiger partial charge < -0.3 is 15.4 Å². The third-order valence-corrected chi connectivity index (χ3v) is 6.50. The van der Waals surface area contributed by atoms with Crippen molar-refractivity contribution in [2.75, 3.05) is 38.5 Å². The Hall–Kier alpha value is -1.16. The molecule has 3 N–H and O–H groups in total. The molecule has 2 unspecified atom stereocenters. The molecule has 2 atom stereocenters. The predicted octanol–water partition coefficient (Wildman–Crippen LogP) is 1.90. The molecule has 1 aliphatic rings. The van der Waals surface area contributed by atoms with E-state index in [-0.39, 0.29) is 11.9 Å². The van der Waals surface area contributed by atoms with Crippen molar-refractivity contribution in [3.05, 3.63) is 22.4 Å². The summed E-state index contributed by atoms with van der Waals surface area (Å²) >= 11 is 1.68. The Kier molecular flexibility index (Phi) is 9.53. The number of aliphatic imine (C=N–C) groups is 1. The van der Waals surface area contributed by atoms with E-state index in [1.807, 2.05) is 6.92 Å². The van der Waals surface area contributed by atoms with E-state index in [0.717, 1.165) is 32.4 Å². The Morgan fingerprint density at radius 2 is 2.26 bits per heavy atom. The number of sulfonamides is 1. The van der Waals surface area contributed by atoms with Crippen molar-refractivity contribution in [3.63, 3.8) is 0 Å². The monoisotopic (exact) mass is 416 g/mol. The van der Waals surface area contributed by atoms with Crippen LogP contribution in [-0.4, -0.2) is 59.0 Å². The first-order valence-corrected chi connectivity index (χ1v) is 12.2. The number of ether oxygens (including phenoxy) is 1. The predicted molar refractivity (Wildman–Crippen MR) is 112 cm³/mol. The summed E-state index contributed by atoms with van der Waals surface area (Å²) in [5, 5.41) is 10.5. The minimum Gasteiger partial charge on any atom is -0.377 e. The van der Waals surface area contributed by atoms with Gasteiger partial charge in [0, 0.05) is 38.7 Å². The molecule has 1 fully saturated rings. The van der Waals surface area contributed by atoms with Gasteiger partial charge in [0.1, 0.15) is 0 Å². The van der Waals surface area contributed by atoms with Gasteiger partial charge in [-0.3, -0.25) is 4.99 Å². The lowest BCUT2D eigenvalue weighted by Crippen LogP contribution is -2.42. The molecule has 0 bridgehead atoms. The van der Waals surface area contributed by atoms with Gasteiger partial charge in [-0.05, 0) is 48.6 Å². The summed E-state index contributed by atoms with van der Waals surface area (Å²) in [7, 11) is -3.33. The molecule has 154 valence electrons. The zero-order valence-electron chi connectivity index (χ0n) is 16.2. The minimum atomic E-state index is -3.33. The highest BCUT2D eigenvalue weighted by Gasteiger charge is 2.17. The first-order chi connectivity index (χ1) is 13.0. The van der Waals surface area contributed by atoms with Crippen LogP contribution >= 0.6 is 11.3 Å². The maximum absolute atomic E-state index is 12.2. The van der Waals surface area contributed by atoms with E-state index >= 15 is 0 Å². The SMILES string of the molecule is CCNC(=NCC(C)c1ccsc1)NCCS(=O)(=O)NCC1CCCCO1. The molecule has 1 aromatic heterocycles. The molecular formula is C18H32N4O3S2. The van der Waals surface area contributed by atoms with Gasteiger partial charge in [-0.15, -0.1) is 0 Å². The lowest BCUT2D eigenvalue weighted by atomic mass is 10.1. The Bertz CT molecular complexity index is 656. The molecule has 0 spiro atoms. The molecule has 0 aliphatic carbocycles. The first-order valence-electron chi connectivity index (χ1n) is 9.63. The third-order valence-electron chi connectivity index (χ3n) is 4.45. The van der Waals surface area contributed by atoms with Crippen molar-refractivity contribution in [2.45, 2.75) is 45.1 Å². The van der Waals surface area contributed by atoms with Crippen LogP contribution in [0.4, 0.5) is 0 Å². The van der Waals surface area contributed by atoms with Gasteiger partial charge in [-0.1, -0.05) is 6.92 Å². The lowest BCUT2D eigenvalue weighted by Gasteiger charge is -2.22. The van der Waals surface area contributed by atoms with Crippen molar-refractivity contribution in [2.24, 2.45) is 4.99 Å². The summed E-state index contributed by atoms with van der Waals surface area (Å²) < 4.78 is 32.5. The Labute approximate surface area is 167 Å². The molecule has 0 amide bonds. The van der Waals surface area contributed by atoms with Crippen LogP contribution in [0.5, 0.6) is 0 Å². The molecule has 1 aliphatic heterocycles. The largest absolute Gasteiger partial charge is 0.377 e. The minimum absolute atomic E-state index is 0.000965. The molecule has 9 heteroatoms. The van der Waals surface area contributed by atoms with E-state index in [1.165, 1.54) is 5.56 Å². The molecule has 1 saturated heterocycles. The zero-order valence-corrected chi connectivity index (χ0v) is 17.9. The fourth-order valence-electron chi connectivity index (χ4n) is 2.80. The summed E-state index contributed by atoms with van der Waals surface area (Å²) in [6.45, 7) is 6.88. The van der Waals surface area contributed by atoms with Gasteiger partial charge in [-0.25, -0.2) is 13.1 Å². The van der Waals surface area contributed by atoms with Gasteiger partial charge in [0.25, 0.3) is 0 Å². The standard InChI is InChI=1S/C18H32N4O3S2/c1-3-19-18(21-12-15(2)16-7-10-26-14-16)20-8-11-27(23,24)22-13-17-6-4-5-9-25-17/h7,10,14-15,17,22H,3-6,8-9,11-13H2,1-2H3,(H2,19,20,21). The smallest absolute Gasteiger partial charge is 0.213 e. The van der Waals surface area contributed by atoms with E-state index in [0.29, 0.717) is 31.5 Å². The molecule has 27 heavy (non-hydrogen) atoms. The summed E-state index contributed by atoms with van der Waals surface area (Å²) in [6.07, 6.45) is 3.07. The third kappa shape index (κ3) is 8.59. The number of rotatable bonds is 10. The molecule has 0 aromatic carbocycles. The summed E-state index contributed by atoms with van der Waals surface area (Å²) in [4.78, 5) is 4.57. The number of hydrogen-bond acceptors (Lipinski definition) is 5. The van der Waals surface area contributed by atoms with Gasteiger partial charge in [0.2, 0.25) is 10.0 Å². The molecule has 2 heterocycles. The van der Waals surface area contributed by atoms with E-state index in [2.05, 4.69) is 44.1 Å². The molecule has 7 nitrogen and oxygen atoms in total. The van der Waals surface area contributed by atoms with Crippen LogP contribution in [0.2, 0.25) is 0 Å². The normalized spacial score (nSPS) is 19.6. The van der Waals surface area contributed by atoms with Crippen LogP contribution in [-0.2, 0) is 14.8 Å². The highest BCUT2D eigenvalue weighted by molar-refractivity contribution is 7.89. The van der Waals surface area contributed by atoms with Crippen LogP contribution < -0.4 is 15.4 Å². The maximum atomic E-state index is 12.2. The number of guanidine groups is 1. The van der Waals surface area contributed by atoms with E-state index < -0.39 is 10.0 Å². The van der Waals surface area contributed by atoms with Crippen molar-refractivity contribution in [3.8, 4) is 0 Å².